The predicted molar refractivity (Wildman–Crippen MR) is 97.7 cm³/mol. The maximum Gasteiger partial charge on any atom is 0.432 e. The van der Waals surface area contributed by atoms with Gasteiger partial charge in [-0.15, -0.1) is 0 Å². The second-order valence-electron chi connectivity index (χ2n) is 6.16. The van der Waals surface area contributed by atoms with Crippen LogP contribution in [0.5, 0.6) is 0 Å². The molecule has 5 nitrogen and oxygen atoms in total. The van der Waals surface area contributed by atoms with E-state index in [1.165, 1.54) is 18.2 Å². The van der Waals surface area contributed by atoms with Crippen LogP contribution in [0.3, 0.4) is 0 Å². The lowest BCUT2D eigenvalue weighted by Gasteiger charge is -2.08. The fraction of sp³-hybridized carbons (Fsp3) is 0.0952. The van der Waals surface area contributed by atoms with Crippen LogP contribution in [0, 0.1) is 22.7 Å². The Hall–Kier alpha value is -4.04. The lowest BCUT2D eigenvalue weighted by molar-refractivity contribution is -0.143. The molecule has 0 atom stereocenters. The average molecular weight is 395 g/mol. The first kappa shape index (κ1) is 19.7. The number of halogens is 3. The number of nitrogens with zero attached hydrogens (tertiary/aromatic N) is 3. The Labute approximate surface area is 163 Å². The maximum atomic E-state index is 13.4. The van der Waals surface area contributed by atoms with Gasteiger partial charge in [-0.1, -0.05) is 42.5 Å². The predicted octanol–water partition coefficient (Wildman–Crippen LogP) is 4.82. The van der Waals surface area contributed by atoms with Crippen molar-refractivity contribution in [1.82, 2.24) is 4.57 Å². The summed E-state index contributed by atoms with van der Waals surface area (Å²) in [5.74, 6) is -1.58. The van der Waals surface area contributed by atoms with Gasteiger partial charge >= 0.3 is 12.1 Å². The zero-order chi connectivity index (χ0) is 21.3. The summed E-state index contributed by atoms with van der Waals surface area (Å²) >= 11 is 0. The lowest BCUT2D eigenvalue weighted by Crippen LogP contribution is -2.15. The number of hydrogen-bond donors (Lipinski definition) is 1. The lowest BCUT2D eigenvalue weighted by atomic mass is 9.95. The van der Waals surface area contributed by atoms with Gasteiger partial charge in [-0.25, -0.2) is 4.79 Å². The Bertz CT molecular complexity index is 1190. The number of carbonyl (C=O) groups is 1. The van der Waals surface area contributed by atoms with E-state index in [1.807, 2.05) is 0 Å². The van der Waals surface area contributed by atoms with E-state index in [4.69, 9.17) is 0 Å². The zero-order valence-corrected chi connectivity index (χ0v) is 14.9. The molecule has 29 heavy (non-hydrogen) atoms. The molecule has 2 aromatic carbocycles. The third-order valence-electron chi connectivity index (χ3n) is 4.51. The second kappa shape index (κ2) is 7.17. The van der Waals surface area contributed by atoms with Crippen LogP contribution in [0.15, 0.2) is 48.5 Å². The molecule has 1 N–H and O–H groups in total. The van der Waals surface area contributed by atoms with Crippen molar-refractivity contribution in [2.45, 2.75) is 6.18 Å². The standard InChI is InChI=1S/C21H12F3N3O2/c1-27-18(20(28)29)17(16(11-26)19(27)21(22,23)24)13-8-6-12(7-9-13)15-5-3-2-4-14(15)10-25/h2-9H,1H3,(H,28,29). The number of hydrogen-bond acceptors (Lipinski definition) is 3. The number of carboxylic acid groups (broad SMARTS) is 1. The van der Waals surface area contributed by atoms with E-state index in [0.29, 0.717) is 21.3 Å². The third-order valence-corrected chi connectivity index (χ3v) is 4.51. The van der Waals surface area contributed by atoms with Crippen molar-refractivity contribution in [2.24, 2.45) is 7.05 Å². The number of aromatic nitrogens is 1. The number of benzene rings is 2. The van der Waals surface area contributed by atoms with E-state index in [-0.39, 0.29) is 11.1 Å². The highest BCUT2D eigenvalue weighted by Gasteiger charge is 2.41. The van der Waals surface area contributed by atoms with Gasteiger partial charge in [-0.2, -0.15) is 23.7 Å². The molecule has 0 spiro atoms. The number of alkyl halides is 3. The molecule has 0 amide bonds. The molecule has 1 heterocycles. The highest BCUT2D eigenvalue weighted by Crippen LogP contribution is 2.40. The van der Waals surface area contributed by atoms with E-state index in [2.05, 4.69) is 6.07 Å². The first-order chi connectivity index (χ1) is 13.7. The van der Waals surface area contributed by atoms with Crippen molar-refractivity contribution < 1.29 is 23.1 Å². The molecule has 3 aromatic rings. The molecule has 0 fully saturated rings. The van der Waals surface area contributed by atoms with Crippen molar-refractivity contribution in [2.75, 3.05) is 0 Å². The molecule has 0 aliphatic carbocycles. The van der Waals surface area contributed by atoms with Crippen LogP contribution in [-0.2, 0) is 13.2 Å². The van der Waals surface area contributed by atoms with Gasteiger partial charge in [0.2, 0.25) is 0 Å². The molecule has 0 radical (unpaired) electrons. The SMILES string of the molecule is Cn1c(C(=O)O)c(-c2ccc(-c3ccccc3C#N)cc2)c(C#N)c1C(F)(F)F. The molecule has 0 aliphatic heterocycles. The quantitative estimate of drug-likeness (QED) is 0.688. The molecule has 3 rings (SSSR count). The Morgan fingerprint density at radius 1 is 1.00 bits per heavy atom. The van der Waals surface area contributed by atoms with Gasteiger partial charge in [0, 0.05) is 12.6 Å². The van der Waals surface area contributed by atoms with Crippen molar-refractivity contribution in [1.29, 1.82) is 10.5 Å². The van der Waals surface area contributed by atoms with Gasteiger partial charge in [-0.05, 0) is 22.8 Å². The van der Waals surface area contributed by atoms with Gasteiger partial charge < -0.3 is 9.67 Å². The van der Waals surface area contributed by atoms with E-state index < -0.39 is 29.1 Å². The first-order valence-electron chi connectivity index (χ1n) is 8.24. The minimum Gasteiger partial charge on any atom is -0.477 e. The van der Waals surface area contributed by atoms with Crippen molar-refractivity contribution in [3.05, 3.63) is 71.0 Å². The number of carboxylic acids is 1. The van der Waals surface area contributed by atoms with Gasteiger partial charge in [0.25, 0.3) is 0 Å². The van der Waals surface area contributed by atoms with E-state index >= 15 is 0 Å². The van der Waals surface area contributed by atoms with Crippen LogP contribution in [0.4, 0.5) is 13.2 Å². The molecule has 8 heteroatoms. The largest absolute Gasteiger partial charge is 0.477 e. The molecule has 0 unspecified atom stereocenters. The Morgan fingerprint density at radius 3 is 2.10 bits per heavy atom. The summed E-state index contributed by atoms with van der Waals surface area (Å²) in [5.41, 5.74) is -1.15. The zero-order valence-electron chi connectivity index (χ0n) is 14.9. The molecule has 0 bridgehead atoms. The maximum absolute atomic E-state index is 13.4. The van der Waals surface area contributed by atoms with Gasteiger partial charge in [0.15, 0.2) is 0 Å². The molecule has 0 saturated carbocycles. The summed E-state index contributed by atoms with van der Waals surface area (Å²) in [5, 5.41) is 28.1. The minimum atomic E-state index is -4.89. The average Bonchev–Trinajstić information content (AvgIpc) is 3.00. The van der Waals surface area contributed by atoms with E-state index in [9.17, 15) is 33.6 Å². The number of nitriles is 2. The monoisotopic (exact) mass is 395 g/mol. The van der Waals surface area contributed by atoms with Crippen LogP contribution >= 0.6 is 0 Å². The van der Waals surface area contributed by atoms with Crippen molar-refractivity contribution >= 4 is 5.97 Å². The summed E-state index contributed by atoms with van der Waals surface area (Å²) in [6.07, 6.45) is -4.89. The molecular weight excluding hydrogens is 383 g/mol. The van der Waals surface area contributed by atoms with Crippen molar-refractivity contribution in [3.8, 4) is 34.4 Å². The Balaban J connectivity index is 2.23. The van der Waals surface area contributed by atoms with E-state index in [1.54, 1.807) is 36.4 Å². The molecule has 0 saturated heterocycles. The fourth-order valence-electron chi connectivity index (χ4n) is 3.31. The minimum absolute atomic E-state index is 0.156. The van der Waals surface area contributed by atoms with Crippen LogP contribution < -0.4 is 0 Å². The van der Waals surface area contributed by atoms with Crippen LogP contribution in [0.2, 0.25) is 0 Å². The smallest absolute Gasteiger partial charge is 0.432 e. The van der Waals surface area contributed by atoms with Crippen LogP contribution in [0.25, 0.3) is 22.3 Å². The number of aromatic carboxylic acids is 1. The molecule has 1 aromatic heterocycles. The van der Waals surface area contributed by atoms with Gasteiger partial charge in [0.1, 0.15) is 17.5 Å². The highest BCUT2D eigenvalue weighted by molar-refractivity contribution is 5.97. The van der Waals surface area contributed by atoms with Crippen molar-refractivity contribution in [3.63, 3.8) is 0 Å². The Kier molecular flexibility index (Phi) is 4.88. The van der Waals surface area contributed by atoms with E-state index in [0.717, 1.165) is 7.05 Å². The van der Waals surface area contributed by atoms with Crippen LogP contribution in [-0.4, -0.2) is 15.6 Å². The topological polar surface area (TPSA) is 89.8 Å². The molecule has 0 aliphatic rings. The summed E-state index contributed by atoms with van der Waals surface area (Å²) in [4.78, 5) is 11.7. The number of rotatable bonds is 3. The first-order valence-corrected chi connectivity index (χ1v) is 8.24. The van der Waals surface area contributed by atoms with Crippen LogP contribution in [0.1, 0.15) is 27.3 Å². The fourth-order valence-corrected chi connectivity index (χ4v) is 3.31. The normalized spacial score (nSPS) is 11.0. The molecule has 144 valence electrons. The third kappa shape index (κ3) is 3.32. The highest BCUT2D eigenvalue weighted by atomic mass is 19.4. The Morgan fingerprint density at radius 2 is 1.59 bits per heavy atom. The second-order valence-corrected chi connectivity index (χ2v) is 6.16. The summed E-state index contributed by atoms with van der Waals surface area (Å²) in [7, 11) is 0.966. The summed E-state index contributed by atoms with van der Waals surface area (Å²) in [6.45, 7) is 0. The van der Waals surface area contributed by atoms with Gasteiger partial charge in [0.05, 0.1) is 17.2 Å². The summed E-state index contributed by atoms with van der Waals surface area (Å²) in [6, 6.07) is 16.4. The van der Waals surface area contributed by atoms with Gasteiger partial charge in [-0.3, -0.25) is 0 Å². The molecular formula is C21H12F3N3O2. The summed E-state index contributed by atoms with van der Waals surface area (Å²) < 4.78 is 40.8.